The number of ether oxygens (including phenoxy) is 1. The molecule has 1 aromatic carbocycles. The molecule has 1 aromatic heterocycles. The quantitative estimate of drug-likeness (QED) is 0.433. The molecular weight excluding hydrogens is 427 g/mol. The number of nitriles is 1. The molecule has 0 saturated carbocycles. The average Bonchev–Trinajstić information content (AvgIpc) is 2.84. The van der Waals surface area contributed by atoms with Crippen molar-refractivity contribution in [1.29, 1.82) is 5.26 Å². The molecule has 0 spiro atoms. The molecule has 0 aliphatic heterocycles. The normalized spacial score (nSPS) is 18.2. The summed E-state index contributed by atoms with van der Waals surface area (Å²) in [6.45, 7) is 0. The molecule has 1 aliphatic rings. The minimum atomic E-state index is -6.03. The van der Waals surface area contributed by atoms with Crippen molar-refractivity contribution < 1.29 is 50.2 Å². The van der Waals surface area contributed by atoms with Gasteiger partial charge < -0.3 is 9.84 Å². The molecule has 0 fully saturated rings. The third-order valence-corrected chi connectivity index (χ3v) is 5.68. The number of aliphatic hydroxyl groups is 1. The van der Waals surface area contributed by atoms with E-state index in [-0.39, 0.29) is 11.3 Å². The number of aromatic nitrogens is 1. The molecule has 2 aromatic rings. The molecule has 1 atom stereocenters. The molecular formula is C16H10F5N2O5S+. The number of sulfone groups is 1. The van der Waals surface area contributed by atoms with Crippen LogP contribution in [0.4, 0.5) is 22.0 Å². The van der Waals surface area contributed by atoms with Crippen LogP contribution in [0.15, 0.2) is 35.5 Å². The van der Waals surface area contributed by atoms with Crippen LogP contribution in [-0.4, -0.2) is 30.2 Å². The van der Waals surface area contributed by atoms with E-state index in [1.54, 1.807) is 6.07 Å². The van der Waals surface area contributed by atoms with Crippen molar-refractivity contribution >= 4 is 9.84 Å². The first-order valence-electron chi connectivity index (χ1n) is 7.64. The van der Waals surface area contributed by atoms with E-state index in [0.29, 0.717) is 10.8 Å². The number of nitrogens with zero attached hydrogens (tertiary/aromatic N) is 2. The lowest BCUT2D eigenvalue weighted by molar-refractivity contribution is -0.905. The number of halogens is 5. The second-order valence-electron chi connectivity index (χ2n) is 6.10. The van der Waals surface area contributed by atoms with Gasteiger partial charge in [-0.2, -0.15) is 18.4 Å². The Balaban J connectivity index is 2.19. The SMILES string of the molecule is N#Cc1cc(Oc2ccc(S(=O)(=O)C(F)(F)F)c3c2CC(F)(F)[C@H]3O)c[n+](O)c1. The zero-order chi connectivity index (χ0) is 21.8. The Bertz CT molecular complexity index is 1140. The fourth-order valence-electron chi connectivity index (χ4n) is 2.89. The van der Waals surface area contributed by atoms with Gasteiger partial charge in [0.05, 0.1) is 4.90 Å². The fraction of sp³-hybridized carbons (Fsp3) is 0.250. The Kier molecular flexibility index (Phi) is 4.67. The summed E-state index contributed by atoms with van der Waals surface area (Å²) >= 11 is 0. The third kappa shape index (κ3) is 3.45. The Labute approximate surface area is 159 Å². The summed E-state index contributed by atoms with van der Waals surface area (Å²) in [5, 5.41) is 28.2. The molecule has 7 nitrogen and oxygen atoms in total. The number of alkyl halides is 5. The van der Waals surface area contributed by atoms with E-state index in [9.17, 15) is 40.7 Å². The summed E-state index contributed by atoms with van der Waals surface area (Å²) in [5.41, 5.74) is -7.62. The molecule has 1 heterocycles. The van der Waals surface area contributed by atoms with Gasteiger partial charge in [0, 0.05) is 28.3 Å². The minimum Gasteiger partial charge on any atom is -0.451 e. The first-order chi connectivity index (χ1) is 13.3. The van der Waals surface area contributed by atoms with Gasteiger partial charge in [0.1, 0.15) is 23.5 Å². The maximum absolute atomic E-state index is 14.0. The van der Waals surface area contributed by atoms with Crippen LogP contribution in [0.5, 0.6) is 11.5 Å². The van der Waals surface area contributed by atoms with Crippen LogP contribution in [0, 0.1) is 11.3 Å². The zero-order valence-corrected chi connectivity index (χ0v) is 14.8. The molecule has 154 valence electrons. The second-order valence-corrected chi connectivity index (χ2v) is 8.01. The van der Waals surface area contributed by atoms with E-state index in [0.717, 1.165) is 24.5 Å². The van der Waals surface area contributed by atoms with Crippen LogP contribution in [0.25, 0.3) is 0 Å². The van der Waals surface area contributed by atoms with Gasteiger partial charge in [-0.15, -0.1) is 0 Å². The Morgan fingerprint density at radius 3 is 2.52 bits per heavy atom. The maximum Gasteiger partial charge on any atom is 0.501 e. The van der Waals surface area contributed by atoms with Crippen molar-refractivity contribution in [3.8, 4) is 17.6 Å². The number of pyridine rings is 1. The topological polar surface area (TPSA) is 112 Å². The summed E-state index contributed by atoms with van der Waals surface area (Å²) in [6.07, 6.45) is -2.16. The lowest BCUT2D eigenvalue weighted by atomic mass is 10.1. The predicted molar refractivity (Wildman–Crippen MR) is 81.9 cm³/mol. The van der Waals surface area contributed by atoms with Gasteiger partial charge in [-0.1, -0.05) is 0 Å². The first kappa shape index (κ1) is 20.7. The summed E-state index contributed by atoms with van der Waals surface area (Å²) in [7, 11) is -6.03. The Morgan fingerprint density at radius 2 is 1.93 bits per heavy atom. The maximum atomic E-state index is 14.0. The van der Waals surface area contributed by atoms with Gasteiger partial charge in [0.15, 0.2) is 5.75 Å². The van der Waals surface area contributed by atoms with Crippen molar-refractivity contribution in [3.63, 3.8) is 0 Å². The predicted octanol–water partition coefficient (Wildman–Crippen LogP) is 2.39. The van der Waals surface area contributed by atoms with Crippen LogP contribution in [-0.2, 0) is 16.3 Å². The van der Waals surface area contributed by atoms with E-state index in [4.69, 9.17) is 10.00 Å². The van der Waals surface area contributed by atoms with Gasteiger partial charge in [-0.05, 0) is 12.1 Å². The molecule has 29 heavy (non-hydrogen) atoms. The second kappa shape index (κ2) is 6.53. The fourth-order valence-corrected chi connectivity index (χ4v) is 3.91. The van der Waals surface area contributed by atoms with E-state index in [1.807, 2.05) is 0 Å². The zero-order valence-electron chi connectivity index (χ0n) is 14.0. The molecule has 1 aliphatic carbocycles. The van der Waals surface area contributed by atoms with Crippen molar-refractivity contribution in [1.82, 2.24) is 0 Å². The summed E-state index contributed by atoms with van der Waals surface area (Å²) < 4.78 is 96.1. The number of hydrogen-bond donors (Lipinski definition) is 2. The molecule has 13 heteroatoms. The van der Waals surface area contributed by atoms with Gasteiger partial charge >= 0.3 is 5.51 Å². The largest absolute Gasteiger partial charge is 0.501 e. The van der Waals surface area contributed by atoms with Gasteiger partial charge in [-0.25, -0.2) is 17.2 Å². The molecule has 0 unspecified atom stereocenters. The molecule has 0 radical (unpaired) electrons. The average molecular weight is 437 g/mol. The van der Waals surface area contributed by atoms with Crippen LogP contribution < -0.4 is 9.47 Å². The highest BCUT2D eigenvalue weighted by atomic mass is 32.2. The van der Waals surface area contributed by atoms with E-state index in [2.05, 4.69) is 0 Å². The van der Waals surface area contributed by atoms with E-state index >= 15 is 0 Å². The summed E-state index contributed by atoms with van der Waals surface area (Å²) in [4.78, 5) is -1.50. The van der Waals surface area contributed by atoms with Crippen LogP contribution >= 0.6 is 0 Å². The van der Waals surface area contributed by atoms with Gasteiger partial charge in [0.25, 0.3) is 22.0 Å². The Hall–Kier alpha value is -2.98. The highest BCUT2D eigenvalue weighted by molar-refractivity contribution is 7.92. The number of aliphatic hydroxyl groups excluding tert-OH is 1. The van der Waals surface area contributed by atoms with Crippen molar-refractivity contribution in [2.75, 3.05) is 0 Å². The standard InChI is InChI=1S/C16H10F5N2O5S/c17-15(18)4-10-11(28-9-3-8(5-22)6-23(25)7-9)1-2-12(13(10)14(15)24)29(26,27)16(19,20)21/h1-3,6-7,14,24-25H,4H2/q+1/t14-/m0/s1. The van der Waals surface area contributed by atoms with Gasteiger partial charge in [0.2, 0.25) is 6.20 Å². The lowest BCUT2D eigenvalue weighted by Crippen LogP contribution is -2.29. The number of hydrogen-bond acceptors (Lipinski definition) is 6. The molecule has 0 saturated heterocycles. The highest BCUT2D eigenvalue weighted by Gasteiger charge is 2.55. The number of benzene rings is 1. The molecule has 0 amide bonds. The van der Waals surface area contributed by atoms with Crippen LogP contribution in [0.2, 0.25) is 0 Å². The van der Waals surface area contributed by atoms with Gasteiger partial charge in [-0.3, -0.25) is 5.21 Å². The highest BCUT2D eigenvalue weighted by Crippen LogP contribution is 2.51. The smallest absolute Gasteiger partial charge is 0.451 e. The number of rotatable bonds is 3. The van der Waals surface area contributed by atoms with Crippen LogP contribution in [0.3, 0.4) is 0 Å². The monoisotopic (exact) mass is 437 g/mol. The van der Waals surface area contributed by atoms with E-state index in [1.165, 1.54) is 0 Å². The molecule has 3 rings (SSSR count). The molecule has 0 bridgehead atoms. The summed E-state index contributed by atoms with van der Waals surface area (Å²) in [5.74, 6) is -4.65. The number of fused-ring (bicyclic) bond motifs is 1. The Morgan fingerprint density at radius 1 is 1.28 bits per heavy atom. The molecule has 2 N–H and O–H groups in total. The minimum absolute atomic E-state index is 0.0942. The van der Waals surface area contributed by atoms with E-state index < -0.39 is 55.6 Å². The van der Waals surface area contributed by atoms with Crippen molar-refractivity contribution in [3.05, 3.63) is 47.3 Å². The third-order valence-electron chi connectivity index (χ3n) is 4.14. The first-order valence-corrected chi connectivity index (χ1v) is 9.13. The van der Waals surface area contributed by atoms with Crippen molar-refractivity contribution in [2.24, 2.45) is 0 Å². The van der Waals surface area contributed by atoms with Crippen molar-refractivity contribution in [2.45, 2.75) is 28.9 Å². The van der Waals surface area contributed by atoms with Crippen LogP contribution in [0.1, 0.15) is 22.8 Å². The summed E-state index contributed by atoms with van der Waals surface area (Å²) in [6, 6.07) is 3.92. The lowest BCUT2D eigenvalue weighted by Gasteiger charge is -2.17.